The zero-order chi connectivity index (χ0) is 24.5. The first-order chi connectivity index (χ1) is 16.9. The highest BCUT2D eigenvalue weighted by atomic mass is 35.5. The Morgan fingerprint density at radius 3 is 2.49 bits per heavy atom. The minimum atomic E-state index is -0.892. The number of esters is 1. The van der Waals surface area contributed by atoms with Gasteiger partial charge in [-0.25, -0.2) is 4.79 Å². The maximum atomic E-state index is 12.9. The molecule has 35 heavy (non-hydrogen) atoms. The summed E-state index contributed by atoms with van der Waals surface area (Å²) in [4.78, 5) is 35.8. The second-order valence-electron chi connectivity index (χ2n) is 7.51. The summed E-state index contributed by atoms with van der Waals surface area (Å²) in [6, 6.07) is 20.9. The van der Waals surface area contributed by atoms with Crippen molar-refractivity contribution in [3.8, 4) is 17.2 Å². The molecule has 0 radical (unpaired) electrons. The van der Waals surface area contributed by atoms with E-state index >= 15 is 0 Å². The average molecular weight is 488 g/mol. The molecule has 0 aliphatic heterocycles. The number of carbonyl (C=O) groups excluding carboxylic acids is 1. The van der Waals surface area contributed by atoms with Crippen LogP contribution < -0.4 is 14.9 Å². The van der Waals surface area contributed by atoms with E-state index in [0.29, 0.717) is 5.75 Å². The van der Waals surface area contributed by atoms with Crippen molar-refractivity contribution >= 4 is 45.0 Å². The molecule has 172 valence electrons. The number of nitro groups is 1. The van der Waals surface area contributed by atoms with Crippen molar-refractivity contribution in [3.05, 3.63) is 116 Å². The van der Waals surface area contributed by atoms with Crippen LogP contribution in [0.2, 0.25) is 5.02 Å². The third kappa shape index (κ3) is 4.42. The normalized spacial score (nSPS) is 10.9. The molecule has 8 nitrogen and oxygen atoms in total. The molecule has 0 atom stereocenters. The Labute approximate surface area is 202 Å². The molecular weight excluding hydrogens is 474 g/mol. The van der Waals surface area contributed by atoms with Crippen molar-refractivity contribution in [2.24, 2.45) is 0 Å². The molecule has 0 unspecified atom stereocenters. The Hall–Kier alpha value is -4.69. The Bertz CT molecular complexity index is 1690. The number of non-ortho nitro benzene ring substituents is 1. The van der Waals surface area contributed by atoms with Crippen LogP contribution in [0.3, 0.4) is 0 Å². The van der Waals surface area contributed by atoms with Crippen molar-refractivity contribution < 1.29 is 23.6 Å². The van der Waals surface area contributed by atoms with Gasteiger partial charge < -0.3 is 13.9 Å². The van der Waals surface area contributed by atoms with Gasteiger partial charge in [-0.15, -0.1) is 0 Å². The number of nitrogens with zero attached hydrogens (tertiary/aromatic N) is 1. The van der Waals surface area contributed by atoms with Gasteiger partial charge in [0, 0.05) is 18.2 Å². The maximum absolute atomic E-state index is 12.9. The molecular formula is C26H14ClNO7. The second kappa shape index (κ2) is 8.92. The lowest BCUT2D eigenvalue weighted by Crippen LogP contribution is -2.10. The van der Waals surface area contributed by atoms with E-state index in [-0.39, 0.29) is 38.7 Å². The van der Waals surface area contributed by atoms with Gasteiger partial charge in [0.05, 0.1) is 20.9 Å². The van der Waals surface area contributed by atoms with Gasteiger partial charge >= 0.3 is 5.97 Å². The lowest BCUT2D eigenvalue weighted by atomic mass is 10.1. The Morgan fingerprint density at radius 1 is 0.914 bits per heavy atom. The van der Waals surface area contributed by atoms with E-state index < -0.39 is 16.3 Å². The van der Waals surface area contributed by atoms with Crippen LogP contribution in [0.1, 0.15) is 10.4 Å². The van der Waals surface area contributed by atoms with Crippen molar-refractivity contribution in [2.45, 2.75) is 0 Å². The molecule has 0 saturated heterocycles. The lowest BCUT2D eigenvalue weighted by Gasteiger charge is -2.08. The number of benzene rings is 4. The smallest absolute Gasteiger partial charge is 0.345 e. The summed E-state index contributed by atoms with van der Waals surface area (Å²) in [6.45, 7) is 0. The van der Waals surface area contributed by atoms with Gasteiger partial charge in [0.2, 0.25) is 11.2 Å². The van der Waals surface area contributed by atoms with Crippen LogP contribution in [0.4, 0.5) is 5.69 Å². The third-order valence-electron chi connectivity index (χ3n) is 5.25. The molecule has 5 aromatic rings. The molecule has 1 aromatic heterocycles. The highest BCUT2D eigenvalue weighted by molar-refractivity contribution is 6.33. The van der Waals surface area contributed by atoms with Gasteiger partial charge in [-0.3, -0.25) is 14.9 Å². The van der Waals surface area contributed by atoms with E-state index in [9.17, 15) is 19.7 Å². The molecule has 0 spiro atoms. The summed E-state index contributed by atoms with van der Waals surface area (Å²) < 4.78 is 16.6. The highest BCUT2D eigenvalue weighted by Gasteiger charge is 2.19. The third-order valence-corrected chi connectivity index (χ3v) is 5.58. The highest BCUT2D eigenvalue weighted by Crippen LogP contribution is 2.28. The Balaban J connectivity index is 1.41. The van der Waals surface area contributed by atoms with E-state index in [1.807, 2.05) is 36.4 Å². The number of ether oxygens (including phenoxy) is 2. The van der Waals surface area contributed by atoms with Gasteiger partial charge in [0.15, 0.2) is 0 Å². The first-order valence-corrected chi connectivity index (χ1v) is 10.7. The summed E-state index contributed by atoms with van der Waals surface area (Å²) in [7, 11) is 0. The van der Waals surface area contributed by atoms with Crippen molar-refractivity contribution in [1.29, 1.82) is 0 Å². The molecule has 0 aliphatic rings. The fraction of sp³-hybridized carbons (Fsp3) is 0. The number of fused-ring (bicyclic) bond motifs is 2. The molecule has 0 bridgehead atoms. The zero-order valence-corrected chi connectivity index (χ0v) is 18.5. The largest absolute Gasteiger partial charge is 0.460 e. The number of hydrogen-bond acceptors (Lipinski definition) is 7. The molecule has 4 aromatic carbocycles. The van der Waals surface area contributed by atoms with E-state index in [0.717, 1.165) is 16.8 Å². The van der Waals surface area contributed by atoms with Gasteiger partial charge in [-0.1, -0.05) is 41.9 Å². The molecule has 0 N–H and O–H groups in total. The van der Waals surface area contributed by atoms with Gasteiger partial charge in [0.1, 0.15) is 23.3 Å². The fourth-order valence-electron chi connectivity index (χ4n) is 3.53. The number of carbonyl (C=O) groups is 1. The first-order valence-electron chi connectivity index (χ1n) is 10.3. The quantitative estimate of drug-likeness (QED) is 0.120. The van der Waals surface area contributed by atoms with Crippen LogP contribution in [0.25, 0.3) is 21.7 Å². The summed E-state index contributed by atoms with van der Waals surface area (Å²) in [6.07, 6.45) is 1.18. The van der Waals surface area contributed by atoms with Crippen LogP contribution >= 0.6 is 11.6 Å². The summed E-state index contributed by atoms with van der Waals surface area (Å²) in [5.41, 5.74) is -0.707. The number of hydrogen-bond donors (Lipinski definition) is 0. The summed E-state index contributed by atoms with van der Waals surface area (Å²) in [5.74, 6) is -0.344. The predicted molar refractivity (Wildman–Crippen MR) is 130 cm³/mol. The SMILES string of the molecule is O=C(Oc1ccc2c(=O)c(Oc3ccc4ccccc4c3)coc2c1)c1cc([N+](=O)[O-])ccc1Cl. The zero-order valence-electron chi connectivity index (χ0n) is 17.8. The first kappa shape index (κ1) is 22.1. The van der Waals surface area contributed by atoms with Crippen molar-refractivity contribution in [1.82, 2.24) is 0 Å². The van der Waals surface area contributed by atoms with Crippen molar-refractivity contribution in [2.75, 3.05) is 0 Å². The minimum Gasteiger partial charge on any atom is -0.460 e. The van der Waals surface area contributed by atoms with E-state index in [4.69, 9.17) is 25.5 Å². The van der Waals surface area contributed by atoms with E-state index in [2.05, 4.69) is 0 Å². The number of rotatable bonds is 5. The van der Waals surface area contributed by atoms with Gasteiger partial charge in [0.25, 0.3) is 5.69 Å². The topological polar surface area (TPSA) is 109 Å². The fourth-order valence-corrected chi connectivity index (χ4v) is 3.72. The molecule has 0 saturated carbocycles. The minimum absolute atomic E-state index is 0.000836. The number of nitro benzene ring substituents is 1. The standard InChI is InChI=1S/C26H14ClNO7/c27-22-10-6-17(28(31)32)12-21(22)26(30)35-19-8-9-20-23(13-19)33-14-24(25(20)29)34-18-7-5-15-3-1-2-4-16(15)11-18/h1-14H. The summed E-state index contributed by atoms with van der Waals surface area (Å²) >= 11 is 6.00. The van der Waals surface area contributed by atoms with Gasteiger partial charge in [-0.05, 0) is 41.1 Å². The van der Waals surface area contributed by atoms with Crippen LogP contribution in [0.5, 0.6) is 17.2 Å². The Morgan fingerprint density at radius 2 is 1.69 bits per heavy atom. The monoisotopic (exact) mass is 487 g/mol. The predicted octanol–water partition coefficient (Wildman–Crippen LogP) is 6.52. The molecule has 5 rings (SSSR count). The number of halogens is 1. The maximum Gasteiger partial charge on any atom is 0.345 e. The average Bonchev–Trinajstić information content (AvgIpc) is 2.85. The van der Waals surface area contributed by atoms with Crippen LogP contribution in [-0.4, -0.2) is 10.9 Å². The molecule has 0 fully saturated rings. The molecule has 0 amide bonds. The van der Waals surface area contributed by atoms with Crippen LogP contribution in [-0.2, 0) is 0 Å². The molecule has 9 heteroatoms. The molecule has 1 heterocycles. The van der Waals surface area contributed by atoms with Gasteiger partial charge in [-0.2, -0.15) is 0 Å². The Kier molecular flexibility index (Phi) is 5.64. The van der Waals surface area contributed by atoms with E-state index in [1.54, 1.807) is 6.07 Å². The van der Waals surface area contributed by atoms with E-state index in [1.165, 1.54) is 36.6 Å². The van der Waals surface area contributed by atoms with Crippen LogP contribution in [0.15, 0.2) is 94.3 Å². The lowest BCUT2D eigenvalue weighted by molar-refractivity contribution is -0.384. The van der Waals surface area contributed by atoms with Crippen LogP contribution in [0, 0.1) is 10.1 Å². The molecule has 0 aliphatic carbocycles. The van der Waals surface area contributed by atoms with Crippen molar-refractivity contribution in [3.63, 3.8) is 0 Å². The summed E-state index contributed by atoms with van der Waals surface area (Å²) in [5, 5.41) is 13.2. The second-order valence-corrected chi connectivity index (χ2v) is 7.92.